The average molecular weight is 277 g/mol. The van der Waals surface area contributed by atoms with Crippen molar-refractivity contribution < 1.29 is 14.4 Å². The van der Waals surface area contributed by atoms with Crippen LogP contribution in [-0.2, 0) is 20.8 Å². The molecule has 108 valence electrons. The van der Waals surface area contributed by atoms with E-state index in [1.54, 1.807) is 12.1 Å². The maximum atomic E-state index is 11.9. The molecule has 0 aliphatic heterocycles. The number of carbonyl (C=O) groups excluding carboxylic acids is 3. The largest absolute Gasteiger partial charge is 0.330 e. The summed E-state index contributed by atoms with van der Waals surface area (Å²) in [7, 11) is 0. The Morgan fingerprint density at radius 1 is 1.35 bits per heavy atom. The summed E-state index contributed by atoms with van der Waals surface area (Å²) in [6.45, 7) is 2.44. The summed E-state index contributed by atoms with van der Waals surface area (Å²) < 4.78 is 0. The molecule has 0 aromatic heterocycles. The molecule has 3 amide bonds. The number of rotatable bonds is 6. The number of hydrogen-bond acceptors (Lipinski definition) is 4. The van der Waals surface area contributed by atoms with Crippen LogP contribution in [0.15, 0.2) is 24.3 Å². The number of hydrogen-bond donors (Lipinski definition) is 2. The number of anilines is 1. The van der Waals surface area contributed by atoms with Crippen LogP contribution in [0.4, 0.5) is 5.69 Å². The van der Waals surface area contributed by atoms with Crippen molar-refractivity contribution in [1.29, 1.82) is 0 Å². The fourth-order valence-corrected chi connectivity index (χ4v) is 1.72. The molecular weight excluding hydrogens is 258 g/mol. The molecule has 0 aliphatic carbocycles. The van der Waals surface area contributed by atoms with Gasteiger partial charge in [-0.3, -0.25) is 19.3 Å². The molecule has 6 nitrogen and oxygen atoms in total. The van der Waals surface area contributed by atoms with Gasteiger partial charge >= 0.3 is 11.8 Å². The number of carbonyl (C=O) groups is 3. The molecule has 0 radical (unpaired) electrons. The van der Waals surface area contributed by atoms with E-state index in [9.17, 15) is 14.4 Å². The summed E-state index contributed by atoms with van der Waals surface area (Å²) in [5.74, 6) is -1.70. The van der Waals surface area contributed by atoms with E-state index in [-0.39, 0.29) is 6.54 Å². The second kappa shape index (κ2) is 8.06. The van der Waals surface area contributed by atoms with Gasteiger partial charge in [-0.1, -0.05) is 25.1 Å². The molecule has 0 saturated heterocycles. The standard InChI is InChI=1S/C14H19N3O3/c1-2-11-6-3-4-7-12(11)16-13(19)14(20)17(10-18)9-5-8-15/h3-4,6-7,10H,2,5,8-9,15H2,1H3,(H,16,19). The number of para-hydroxylation sites is 1. The van der Waals surface area contributed by atoms with Crippen LogP contribution in [0.3, 0.4) is 0 Å². The molecule has 20 heavy (non-hydrogen) atoms. The fraction of sp³-hybridized carbons (Fsp3) is 0.357. The van der Waals surface area contributed by atoms with Crippen molar-refractivity contribution in [2.24, 2.45) is 5.73 Å². The molecule has 0 fully saturated rings. The number of nitrogens with zero attached hydrogens (tertiary/aromatic N) is 1. The molecule has 0 bridgehead atoms. The highest BCUT2D eigenvalue weighted by Crippen LogP contribution is 2.15. The van der Waals surface area contributed by atoms with Gasteiger partial charge in [0.25, 0.3) is 0 Å². The predicted molar refractivity (Wildman–Crippen MR) is 75.9 cm³/mol. The molecule has 0 unspecified atom stereocenters. The first-order valence-electron chi connectivity index (χ1n) is 6.49. The van der Waals surface area contributed by atoms with Crippen LogP contribution < -0.4 is 11.1 Å². The Bertz CT molecular complexity index is 488. The third-order valence-electron chi connectivity index (χ3n) is 2.83. The Kier molecular flexibility index (Phi) is 6.39. The minimum absolute atomic E-state index is 0.141. The SMILES string of the molecule is CCc1ccccc1NC(=O)C(=O)N(C=O)CCCN. The lowest BCUT2D eigenvalue weighted by atomic mass is 10.1. The highest BCUT2D eigenvalue weighted by atomic mass is 16.2. The number of benzene rings is 1. The lowest BCUT2D eigenvalue weighted by Crippen LogP contribution is -2.40. The molecule has 6 heteroatoms. The third-order valence-corrected chi connectivity index (χ3v) is 2.83. The lowest BCUT2D eigenvalue weighted by Gasteiger charge is -2.15. The smallest absolute Gasteiger partial charge is 0.318 e. The molecule has 0 atom stereocenters. The van der Waals surface area contributed by atoms with E-state index in [2.05, 4.69) is 5.32 Å². The van der Waals surface area contributed by atoms with Gasteiger partial charge in [0.2, 0.25) is 6.41 Å². The lowest BCUT2D eigenvalue weighted by molar-refractivity contribution is -0.146. The molecule has 1 aromatic carbocycles. The van der Waals surface area contributed by atoms with Gasteiger partial charge in [-0.2, -0.15) is 0 Å². The van der Waals surface area contributed by atoms with Crippen LogP contribution in [0.1, 0.15) is 18.9 Å². The molecule has 3 N–H and O–H groups in total. The Morgan fingerprint density at radius 2 is 2.05 bits per heavy atom. The molecule has 0 heterocycles. The van der Waals surface area contributed by atoms with Crippen molar-refractivity contribution >= 4 is 23.9 Å². The average Bonchev–Trinajstić information content (AvgIpc) is 2.48. The van der Waals surface area contributed by atoms with Crippen molar-refractivity contribution in [3.8, 4) is 0 Å². The monoisotopic (exact) mass is 277 g/mol. The highest BCUT2D eigenvalue weighted by molar-refractivity contribution is 6.41. The van der Waals surface area contributed by atoms with E-state index >= 15 is 0 Å². The van der Waals surface area contributed by atoms with E-state index in [0.29, 0.717) is 25.1 Å². The van der Waals surface area contributed by atoms with E-state index < -0.39 is 11.8 Å². The van der Waals surface area contributed by atoms with Gasteiger partial charge in [-0.25, -0.2) is 0 Å². The van der Waals surface area contributed by atoms with Gasteiger partial charge in [0.05, 0.1) is 0 Å². The van der Waals surface area contributed by atoms with Crippen LogP contribution in [0.5, 0.6) is 0 Å². The topological polar surface area (TPSA) is 92.5 Å². The number of imide groups is 1. The summed E-state index contributed by atoms with van der Waals surface area (Å²) in [6, 6.07) is 7.21. The van der Waals surface area contributed by atoms with Gasteiger partial charge in [-0.15, -0.1) is 0 Å². The normalized spacial score (nSPS) is 9.90. The minimum atomic E-state index is -0.876. The highest BCUT2D eigenvalue weighted by Gasteiger charge is 2.21. The quantitative estimate of drug-likeness (QED) is 0.585. The van der Waals surface area contributed by atoms with E-state index in [0.717, 1.165) is 16.9 Å². The van der Waals surface area contributed by atoms with Crippen LogP contribution in [-0.4, -0.2) is 36.2 Å². The summed E-state index contributed by atoms with van der Waals surface area (Å²) in [5, 5.41) is 2.53. The number of nitrogens with one attached hydrogen (secondary N) is 1. The summed E-state index contributed by atoms with van der Waals surface area (Å²) >= 11 is 0. The van der Waals surface area contributed by atoms with Crippen LogP contribution >= 0.6 is 0 Å². The van der Waals surface area contributed by atoms with Crippen molar-refractivity contribution in [2.75, 3.05) is 18.4 Å². The zero-order chi connectivity index (χ0) is 15.0. The van der Waals surface area contributed by atoms with Crippen molar-refractivity contribution in [1.82, 2.24) is 4.90 Å². The van der Waals surface area contributed by atoms with Crippen molar-refractivity contribution in [2.45, 2.75) is 19.8 Å². The van der Waals surface area contributed by atoms with Gasteiger partial charge in [0.15, 0.2) is 0 Å². The van der Waals surface area contributed by atoms with Gasteiger partial charge in [-0.05, 0) is 31.0 Å². The Labute approximate surface area is 117 Å². The zero-order valence-electron chi connectivity index (χ0n) is 11.5. The number of nitrogens with two attached hydrogens (primary N) is 1. The molecule has 1 aromatic rings. The second-order valence-electron chi connectivity index (χ2n) is 4.21. The predicted octanol–water partition coefficient (Wildman–Crippen LogP) is 0.521. The first kappa shape index (κ1) is 15.8. The van der Waals surface area contributed by atoms with Crippen molar-refractivity contribution in [3.05, 3.63) is 29.8 Å². The Hall–Kier alpha value is -2.21. The Morgan fingerprint density at radius 3 is 2.65 bits per heavy atom. The summed E-state index contributed by atoms with van der Waals surface area (Å²) in [6.07, 6.45) is 1.54. The fourth-order valence-electron chi connectivity index (χ4n) is 1.72. The zero-order valence-corrected chi connectivity index (χ0v) is 11.5. The first-order chi connectivity index (χ1) is 9.63. The van der Waals surface area contributed by atoms with E-state index in [1.165, 1.54) is 0 Å². The van der Waals surface area contributed by atoms with Crippen LogP contribution in [0.25, 0.3) is 0 Å². The molecule has 0 saturated carbocycles. The van der Waals surface area contributed by atoms with Gasteiger partial charge < -0.3 is 11.1 Å². The van der Waals surface area contributed by atoms with Gasteiger partial charge in [0.1, 0.15) is 0 Å². The second-order valence-corrected chi connectivity index (χ2v) is 4.21. The Balaban J connectivity index is 2.74. The van der Waals surface area contributed by atoms with E-state index in [4.69, 9.17) is 5.73 Å². The van der Waals surface area contributed by atoms with Gasteiger partial charge in [0, 0.05) is 12.2 Å². The maximum Gasteiger partial charge on any atom is 0.318 e. The number of amides is 3. The number of aryl methyl sites for hydroxylation is 1. The van der Waals surface area contributed by atoms with E-state index in [1.807, 2.05) is 19.1 Å². The summed E-state index contributed by atoms with van der Waals surface area (Å²) in [5.41, 5.74) is 6.82. The first-order valence-corrected chi connectivity index (χ1v) is 6.49. The van der Waals surface area contributed by atoms with Crippen LogP contribution in [0.2, 0.25) is 0 Å². The minimum Gasteiger partial charge on any atom is -0.330 e. The maximum absolute atomic E-state index is 11.9. The molecular formula is C14H19N3O3. The van der Waals surface area contributed by atoms with Crippen LogP contribution in [0, 0.1) is 0 Å². The third kappa shape index (κ3) is 4.17. The summed E-state index contributed by atoms with van der Waals surface area (Å²) in [4.78, 5) is 35.3. The molecule has 0 spiro atoms. The molecule has 1 rings (SSSR count). The molecule has 0 aliphatic rings. The van der Waals surface area contributed by atoms with Crippen molar-refractivity contribution in [3.63, 3.8) is 0 Å².